The Morgan fingerprint density at radius 2 is 1.95 bits per heavy atom. The second-order valence-electron chi connectivity index (χ2n) is 5.36. The third kappa shape index (κ3) is 3.07. The quantitative estimate of drug-likeness (QED) is 0.809. The number of hydrogen-bond acceptors (Lipinski definition) is 4. The highest BCUT2D eigenvalue weighted by molar-refractivity contribution is 7.89. The van der Waals surface area contributed by atoms with Crippen molar-refractivity contribution in [3.63, 3.8) is 0 Å². The fraction of sp³-hybridized carbons (Fsp3) is 0.667. The number of imidazole rings is 1. The fourth-order valence-electron chi connectivity index (χ4n) is 2.40. The number of amides is 1. The number of aromatic nitrogens is 2. The Bertz CT molecular complexity index is 633. The average Bonchev–Trinajstić information content (AvgIpc) is 2.78. The molecule has 0 spiro atoms. The summed E-state index contributed by atoms with van der Waals surface area (Å²) in [4.78, 5) is 17.3. The van der Waals surface area contributed by atoms with Crippen molar-refractivity contribution >= 4 is 27.5 Å². The topological polar surface area (TPSA) is 75.5 Å². The third-order valence-electron chi connectivity index (χ3n) is 3.66. The summed E-state index contributed by atoms with van der Waals surface area (Å²) >= 11 is 5.97. The van der Waals surface area contributed by atoms with Gasteiger partial charge in [0, 0.05) is 40.2 Å². The zero-order valence-corrected chi connectivity index (χ0v) is 13.9. The molecule has 1 aliphatic heterocycles. The van der Waals surface area contributed by atoms with Crippen LogP contribution >= 0.6 is 11.6 Å². The van der Waals surface area contributed by atoms with Crippen molar-refractivity contribution in [2.75, 3.05) is 27.2 Å². The van der Waals surface area contributed by atoms with Crippen molar-refractivity contribution in [3.8, 4) is 0 Å². The minimum Gasteiger partial charge on any atom is -0.349 e. The predicted octanol–water partition coefficient (Wildman–Crippen LogP) is 0.562. The third-order valence-corrected chi connectivity index (χ3v) is 6.05. The molecular formula is C12H19ClN4O3S. The van der Waals surface area contributed by atoms with Crippen LogP contribution in [0.5, 0.6) is 0 Å². The van der Waals surface area contributed by atoms with E-state index in [0.29, 0.717) is 25.9 Å². The molecule has 0 unspecified atom stereocenters. The number of rotatable bonds is 3. The standard InChI is InChI=1S/C12H19ClN4O3S/c1-15(2)12(18)9-4-6-17(7-5-9)21(19,20)11-10(13)16(3)8-14-11/h8-9H,4-7H2,1-3H3. The Kier molecular flexibility index (Phi) is 4.60. The number of sulfonamides is 1. The van der Waals surface area contributed by atoms with Gasteiger partial charge in [-0.15, -0.1) is 0 Å². The minimum absolute atomic E-state index is 0.0444. The summed E-state index contributed by atoms with van der Waals surface area (Å²) in [6.07, 6.45) is 2.40. The van der Waals surface area contributed by atoms with E-state index in [0.717, 1.165) is 0 Å². The Hall–Kier alpha value is -1.12. The van der Waals surface area contributed by atoms with Gasteiger partial charge in [0.25, 0.3) is 10.0 Å². The summed E-state index contributed by atoms with van der Waals surface area (Å²) in [5.74, 6) is -0.0754. The molecule has 0 N–H and O–H groups in total. The number of aryl methyl sites for hydroxylation is 1. The number of carbonyl (C=O) groups is 1. The van der Waals surface area contributed by atoms with Gasteiger partial charge in [0.2, 0.25) is 10.9 Å². The normalized spacial score (nSPS) is 17.9. The van der Waals surface area contributed by atoms with Crippen LogP contribution in [0.1, 0.15) is 12.8 Å². The van der Waals surface area contributed by atoms with Gasteiger partial charge < -0.3 is 9.47 Å². The number of hydrogen-bond donors (Lipinski definition) is 0. The summed E-state index contributed by atoms with van der Waals surface area (Å²) in [5.41, 5.74) is 0. The molecular weight excluding hydrogens is 316 g/mol. The lowest BCUT2D eigenvalue weighted by molar-refractivity contribution is -0.134. The molecule has 9 heteroatoms. The smallest absolute Gasteiger partial charge is 0.263 e. The molecule has 1 aliphatic rings. The maximum Gasteiger partial charge on any atom is 0.263 e. The first-order chi connectivity index (χ1) is 9.75. The number of nitrogens with zero attached hydrogens (tertiary/aromatic N) is 4. The van der Waals surface area contributed by atoms with Crippen LogP contribution in [-0.4, -0.2) is 60.3 Å². The van der Waals surface area contributed by atoms with Gasteiger partial charge >= 0.3 is 0 Å². The van der Waals surface area contributed by atoms with Gasteiger partial charge in [-0.1, -0.05) is 11.6 Å². The van der Waals surface area contributed by atoms with E-state index in [9.17, 15) is 13.2 Å². The highest BCUT2D eigenvalue weighted by atomic mass is 35.5. The van der Waals surface area contributed by atoms with E-state index in [1.54, 1.807) is 26.0 Å². The van der Waals surface area contributed by atoms with Crippen molar-refractivity contribution in [1.82, 2.24) is 18.8 Å². The molecule has 1 amide bonds. The Labute approximate surface area is 129 Å². The first-order valence-corrected chi connectivity index (χ1v) is 8.45. The first-order valence-electron chi connectivity index (χ1n) is 6.63. The summed E-state index contributed by atoms with van der Waals surface area (Å²) < 4.78 is 27.8. The van der Waals surface area contributed by atoms with Crippen molar-refractivity contribution in [2.45, 2.75) is 17.9 Å². The molecule has 7 nitrogen and oxygen atoms in total. The molecule has 1 aromatic rings. The second kappa shape index (κ2) is 5.94. The molecule has 1 aromatic heterocycles. The summed E-state index contributed by atoms with van der Waals surface area (Å²) in [6, 6.07) is 0. The second-order valence-corrected chi connectivity index (χ2v) is 7.57. The highest BCUT2D eigenvalue weighted by Gasteiger charge is 2.35. The van der Waals surface area contributed by atoms with Crippen LogP contribution in [-0.2, 0) is 21.9 Å². The maximum absolute atomic E-state index is 12.5. The monoisotopic (exact) mass is 334 g/mol. The van der Waals surface area contributed by atoms with Gasteiger partial charge in [-0.25, -0.2) is 13.4 Å². The van der Waals surface area contributed by atoms with E-state index in [-0.39, 0.29) is 22.0 Å². The van der Waals surface area contributed by atoms with E-state index in [1.165, 1.54) is 15.2 Å². The van der Waals surface area contributed by atoms with E-state index < -0.39 is 10.0 Å². The van der Waals surface area contributed by atoms with Gasteiger partial charge in [-0.3, -0.25) is 4.79 Å². The zero-order chi connectivity index (χ0) is 15.8. The van der Waals surface area contributed by atoms with E-state index in [1.807, 2.05) is 0 Å². The van der Waals surface area contributed by atoms with Crippen LogP contribution in [0, 0.1) is 5.92 Å². The van der Waals surface area contributed by atoms with Crippen LogP contribution in [0.4, 0.5) is 0 Å². The summed E-state index contributed by atoms with van der Waals surface area (Å²) in [5, 5.41) is -0.0226. The van der Waals surface area contributed by atoms with E-state index in [2.05, 4.69) is 4.98 Å². The minimum atomic E-state index is -3.70. The van der Waals surface area contributed by atoms with Crippen molar-refractivity contribution < 1.29 is 13.2 Å². The molecule has 0 aliphatic carbocycles. The number of carbonyl (C=O) groups excluding carboxylic acids is 1. The Morgan fingerprint density at radius 3 is 2.38 bits per heavy atom. The van der Waals surface area contributed by atoms with Gasteiger partial charge in [-0.2, -0.15) is 4.31 Å². The van der Waals surface area contributed by atoms with Gasteiger partial charge in [0.1, 0.15) is 5.15 Å². The molecule has 0 aromatic carbocycles. The van der Waals surface area contributed by atoms with Crippen LogP contribution in [0.15, 0.2) is 11.4 Å². The average molecular weight is 335 g/mol. The summed E-state index contributed by atoms with van der Waals surface area (Å²) in [6.45, 7) is 0.610. The molecule has 1 fully saturated rings. The largest absolute Gasteiger partial charge is 0.349 e. The van der Waals surface area contributed by atoms with Crippen molar-refractivity contribution in [3.05, 3.63) is 11.5 Å². The molecule has 0 saturated carbocycles. The SMILES string of the molecule is CN(C)C(=O)C1CCN(S(=O)(=O)c2ncn(C)c2Cl)CC1. The molecule has 118 valence electrons. The van der Waals surface area contributed by atoms with E-state index in [4.69, 9.17) is 11.6 Å². The van der Waals surface area contributed by atoms with Crippen LogP contribution in [0.25, 0.3) is 0 Å². The Balaban J connectivity index is 2.12. The molecule has 0 atom stereocenters. The lowest BCUT2D eigenvalue weighted by atomic mass is 9.97. The number of halogens is 1. The van der Waals surface area contributed by atoms with Crippen molar-refractivity contribution in [1.29, 1.82) is 0 Å². The van der Waals surface area contributed by atoms with Crippen LogP contribution in [0.3, 0.4) is 0 Å². The summed E-state index contributed by atoms with van der Waals surface area (Å²) in [7, 11) is 1.35. The van der Waals surface area contributed by atoms with Crippen LogP contribution in [0.2, 0.25) is 5.15 Å². The molecule has 1 saturated heterocycles. The van der Waals surface area contributed by atoms with Gasteiger partial charge in [0.05, 0.1) is 6.33 Å². The van der Waals surface area contributed by atoms with Gasteiger partial charge in [0.15, 0.2) is 0 Å². The predicted molar refractivity (Wildman–Crippen MR) is 78.4 cm³/mol. The molecule has 0 bridgehead atoms. The van der Waals surface area contributed by atoms with Gasteiger partial charge in [-0.05, 0) is 12.8 Å². The van der Waals surface area contributed by atoms with Crippen molar-refractivity contribution in [2.24, 2.45) is 13.0 Å². The van der Waals surface area contributed by atoms with E-state index >= 15 is 0 Å². The molecule has 2 heterocycles. The lowest BCUT2D eigenvalue weighted by Gasteiger charge is -2.31. The van der Waals surface area contributed by atoms with Crippen LogP contribution < -0.4 is 0 Å². The molecule has 2 rings (SSSR count). The zero-order valence-electron chi connectivity index (χ0n) is 12.3. The molecule has 0 radical (unpaired) electrons. The lowest BCUT2D eigenvalue weighted by Crippen LogP contribution is -2.42. The highest BCUT2D eigenvalue weighted by Crippen LogP contribution is 2.27. The maximum atomic E-state index is 12.5. The fourth-order valence-corrected chi connectivity index (χ4v) is 4.26. The molecule has 21 heavy (non-hydrogen) atoms. The number of piperidine rings is 1. The Morgan fingerprint density at radius 1 is 1.38 bits per heavy atom. The first kappa shape index (κ1) is 16.3.